The molecule has 1 saturated heterocycles. The number of fused-ring (bicyclic) bond motifs is 2. The number of halogens is 1. The quantitative estimate of drug-likeness (QED) is 0.621. The van der Waals surface area contributed by atoms with Crippen LogP contribution in [0.1, 0.15) is 29.6 Å². The van der Waals surface area contributed by atoms with Crippen LogP contribution in [0.4, 0.5) is 16.2 Å². The summed E-state index contributed by atoms with van der Waals surface area (Å²) in [5, 5.41) is 14.8. The van der Waals surface area contributed by atoms with Crippen molar-refractivity contribution in [2.24, 2.45) is 0 Å². The number of urea groups is 1. The van der Waals surface area contributed by atoms with Crippen LogP contribution in [0.2, 0.25) is 5.02 Å². The van der Waals surface area contributed by atoms with Gasteiger partial charge in [0.25, 0.3) is 5.91 Å². The minimum absolute atomic E-state index is 0.0806. The third-order valence-electron chi connectivity index (χ3n) is 5.79. The molecule has 33 heavy (non-hydrogen) atoms. The maximum Gasteiger partial charge on any atom is 0.323 e. The molecule has 0 bridgehead atoms. The number of nitrogens with zero attached hydrogens (tertiary/aromatic N) is 1. The van der Waals surface area contributed by atoms with E-state index in [1.54, 1.807) is 54.4 Å². The van der Waals surface area contributed by atoms with Crippen LogP contribution in [-0.4, -0.2) is 59.8 Å². The third-order valence-corrected chi connectivity index (χ3v) is 6.12. The summed E-state index contributed by atoms with van der Waals surface area (Å²) in [5.41, 5.74) is 1.20. The number of carboxylic acid groups (broad SMARTS) is 1. The van der Waals surface area contributed by atoms with Gasteiger partial charge in [-0.1, -0.05) is 23.7 Å². The molecule has 0 radical (unpaired) electrons. The Balaban J connectivity index is 1.49. The summed E-state index contributed by atoms with van der Waals surface area (Å²) in [6.45, 7) is 0.186. The number of aliphatic carboxylic acids is 1. The number of hydrogen-bond acceptors (Lipinski definition) is 5. The van der Waals surface area contributed by atoms with Crippen LogP contribution in [-0.2, 0) is 9.53 Å². The molecule has 9 nitrogen and oxygen atoms in total. The van der Waals surface area contributed by atoms with Gasteiger partial charge in [0.05, 0.1) is 34.8 Å². The number of likely N-dealkylation sites (N-methyl/N-ethyl adjacent to an activating group) is 1. The summed E-state index contributed by atoms with van der Waals surface area (Å²) in [6, 6.07) is 10.9. The molecule has 4 rings (SSSR count). The molecule has 0 unspecified atom stereocenters. The van der Waals surface area contributed by atoms with Crippen molar-refractivity contribution in [2.45, 2.75) is 37.5 Å². The van der Waals surface area contributed by atoms with Crippen molar-refractivity contribution in [1.82, 2.24) is 4.90 Å². The highest BCUT2D eigenvalue weighted by atomic mass is 35.5. The molecule has 0 spiro atoms. The normalized spacial score (nSPS) is 22.2. The van der Waals surface area contributed by atoms with E-state index in [1.807, 2.05) is 0 Å². The Kier molecular flexibility index (Phi) is 6.71. The average Bonchev–Trinajstić information content (AvgIpc) is 2.78. The molecular weight excluding hydrogens is 450 g/mol. The number of ether oxygens (including phenoxy) is 2. The Hall–Kier alpha value is -3.30. The van der Waals surface area contributed by atoms with Gasteiger partial charge in [-0.25, -0.2) is 4.79 Å². The van der Waals surface area contributed by atoms with Crippen LogP contribution in [0, 0.1) is 0 Å². The molecule has 3 atom stereocenters. The predicted octanol–water partition coefficient (Wildman–Crippen LogP) is 3.84. The van der Waals surface area contributed by atoms with Gasteiger partial charge in [0.1, 0.15) is 18.5 Å². The van der Waals surface area contributed by atoms with Gasteiger partial charge < -0.3 is 30.1 Å². The van der Waals surface area contributed by atoms with Crippen LogP contribution >= 0.6 is 11.6 Å². The molecule has 0 saturated carbocycles. The van der Waals surface area contributed by atoms with Crippen molar-refractivity contribution in [2.75, 3.05) is 24.3 Å². The summed E-state index contributed by atoms with van der Waals surface area (Å²) in [4.78, 5) is 38.3. The fraction of sp³-hybridized carbons (Fsp3) is 0.348. The van der Waals surface area contributed by atoms with Crippen molar-refractivity contribution in [1.29, 1.82) is 0 Å². The van der Waals surface area contributed by atoms with Gasteiger partial charge in [-0.05, 0) is 43.2 Å². The molecule has 1 fully saturated rings. The van der Waals surface area contributed by atoms with E-state index in [0.29, 0.717) is 40.6 Å². The molecule has 2 aliphatic heterocycles. The van der Waals surface area contributed by atoms with E-state index in [0.717, 1.165) is 0 Å². The van der Waals surface area contributed by atoms with Crippen molar-refractivity contribution in [3.05, 3.63) is 53.1 Å². The Labute approximate surface area is 195 Å². The van der Waals surface area contributed by atoms with Gasteiger partial charge in [0.2, 0.25) is 0 Å². The van der Waals surface area contributed by atoms with Crippen molar-refractivity contribution in [3.8, 4) is 5.75 Å². The van der Waals surface area contributed by atoms with Gasteiger partial charge >= 0.3 is 12.0 Å². The number of rotatable bonds is 4. The van der Waals surface area contributed by atoms with Gasteiger partial charge in [-0.15, -0.1) is 0 Å². The Morgan fingerprint density at radius 1 is 1.18 bits per heavy atom. The van der Waals surface area contributed by atoms with E-state index in [1.165, 1.54) is 0 Å². The fourth-order valence-corrected chi connectivity index (χ4v) is 4.33. The number of carbonyl (C=O) groups is 3. The smallest absolute Gasteiger partial charge is 0.323 e. The highest BCUT2D eigenvalue weighted by molar-refractivity contribution is 6.33. The van der Waals surface area contributed by atoms with Gasteiger partial charge in [-0.3, -0.25) is 9.59 Å². The van der Waals surface area contributed by atoms with E-state index in [9.17, 15) is 14.4 Å². The lowest BCUT2D eigenvalue weighted by atomic mass is 9.94. The summed E-state index contributed by atoms with van der Waals surface area (Å²) >= 11 is 6.08. The average molecular weight is 474 g/mol. The molecule has 3 amide bonds. The molecular formula is C23H24ClN3O6. The molecule has 2 aromatic carbocycles. The zero-order chi connectivity index (χ0) is 23.5. The Morgan fingerprint density at radius 3 is 2.73 bits per heavy atom. The Bertz CT molecular complexity index is 1080. The maximum atomic E-state index is 13.2. The number of carbonyl (C=O) groups excluding carboxylic acids is 2. The molecule has 0 aromatic heterocycles. The molecule has 0 aliphatic carbocycles. The zero-order valence-corrected chi connectivity index (χ0v) is 18.7. The predicted molar refractivity (Wildman–Crippen MR) is 122 cm³/mol. The van der Waals surface area contributed by atoms with E-state index >= 15 is 0 Å². The van der Waals surface area contributed by atoms with Crippen molar-refractivity contribution < 1.29 is 29.0 Å². The first-order valence-corrected chi connectivity index (χ1v) is 10.9. The van der Waals surface area contributed by atoms with Crippen molar-refractivity contribution >= 4 is 40.9 Å². The highest BCUT2D eigenvalue weighted by Crippen LogP contribution is 2.32. The van der Waals surface area contributed by atoms with Gasteiger partial charge in [0.15, 0.2) is 0 Å². The standard InChI is InChI=1S/C23H24ClN3O6/c1-27-18-8-7-14(11-21(28)29)33-20(18)12-32-19-9-6-13(10-15(19)22(27)30)25-23(31)26-17-5-3-2-4-16(17)24/h2-6,9-10,14,18,20H,7-8,11-12H2,1H3,(H,28,29)(H2,25,26,31)/t14-,18-,20-/m0/s1. The molecule has 2 aliphatic rings. The first-order chi connectivity index (χ1) is 15.8. The number of amides is 3. The van der Waals surface area contributed by atoms with Crippen LogP contribution in [0.15, 0.2) is 42.5 Å². The number of hydrogen-bond donors (Lipinski definition) is 3. The summed E-state index contributed by atoms with van der Waals surface area (Å²) < 4.78 is 11.8. The maximum absolute atomic E-state index is 13.2. The van der Waals surface area contributed by atoms with Crippen LogP contribution < -0.4 is 15.4 Å². The van der Waals surface area contributed by atoms with Gasteiger partial charge in [-0.2, -0.15) is 0 Å². The minimum Gasteiger partial charge on any atom is -0.490 e. The lowest BCUT2D eigenvalue weighted by Gasteiger charge is -2.42. The molecule has 2 heterocycles. The molecule has 10 heteroatoms. The first-order valence-electron chi connectivity index (χ1n) is 10.6. The molecule has 3 N–H and O–H groups in total. The zero-order valence-electron chi connectivity index (χ0n) is 17.9. The van der Waals surface area contributed by atoms with E-state index in [2.05, 4.69) is 10.6 Å². The van der Waals surface area contributed by atoms with E-state index < -0.39 is 24.2 Å². The first kappa shape index (κ1) is 22.9. The van der Waals surface area contributed by atoms with Crippen molar-refractivity contribution in [3.63, 3.8) is 0 Å². The van der Waals surface area contributed by atoms with Crippen LogP contribution in [0.3, 0.4) is 0 Å². The topological polar surface area (TPSA) is 117 Å². The van der Waals surface area contributed by atoms with Crippen LogP contribution in [0.5, 0.6) is 5.75 Å². The van der Waals surface area contributed by atoms with Crippen LogP contribution in [0.25, 0.3) is 0 Å². The lowest BCUT2D eigenvalue weighted by Crippen LogP contribution is -2.53. The number of anilines is 2. The number of benzene rings is 2. The summed E-state index contributed by atoms with van der Waals surface area (Å²) in [6.07, 6.45) is 0.244. The highest BCUT2D eigenvalue weighted by Gasteiger charge is 2.39. The largest absolute Gasteiger partial charge is 0.490 e. The molecule has 174 valence electrons. The Morgan fingerprint density at radius 2 is 1.97 bits per heavy atom. The second-order valence-electron chi connectivity index (χ2n) is 8.04. The lowest BCUT2D eigenvalue weighted by molar-refractivity contribution is -0.148. The third kappa shape index (κ3) is 5.20. The SMILES string of the molecule is CN1C(=O)c2cc(NC(=O)Nc3ccccc3Cl)ccc2OC[C@@H]2O[C@H](CC(=O)O)CC[C@@H]21. The number of nitrogens with one attached hydrogen (secondary N) is 2. The van der Waals surface area contributed by atoms with E-state index in [4.69, 9.17) is 26.2 Å². The summed E-state index contributed by atoms with van der Waals surface area (Å²) in [5.74, 6) is -0.819. The van der Waals surface area contributed by atoms with Gasteiger partial charge in [0, 0.05) is 12.7 Å². The summed E-state index contributed by atoms with van der Waals surface area (Å²) in [7, 11) is 1.69. The second-order valence-corrected chi connectivity index (χ2v) is 8.44. The number of carboxylic acids is 1. The molecule has 2 aromatic rings. The van der Waals surface area contributed by atoms with E-state index in [-0.39, 0.29) is 25.0 Å². The monoisotopic (exact) mass is 473 g/mol. The second kappa shape index (κ2) is 9.68. The number of para-hydroxylation sites is 1. The minimum atomic E-state index is -0.918. The fourth-order valence-electron chi connectivity index (χ4n) is 4.15.